The van der Waals surface area contributed by atoms with Crippen LogP contribution in [-0.2, 0) is 16.6 Å². The van der Waals surface area contributed by atoms with Crippen molar-refractivity contribution in [3.05, 3.63) is 59.7 Å². The number of ether oxygens (including phenoxy) is 1. The van der Waals surface area contributed by atoms with Gasteiger partial charge >= 0.3 is 0 Å². The highest BCUT2D eigenvalue weighted by atomic mass is 32.2. The third-order valence-corrected chi connectivity index (χ3v) is 4.90. The van der Waals surface area contributed by atoms with Gasteiger partial charge in [-0.25, -0.2) is 13.1 Å². The molecule has 0 saturated carbocycles. The normalized spacial score (nSPS) is 17.3. The zero-order valence-corrected chi connectivity index (χ0v) is 12.0. The van der Waals surface area contributed by atoms with Crippen molar-refractivity contribution in [2.24, 2.45) is 0 Å². The van der Waals surface area contributed by atoms with Crippen molar-refractivity contribution in [3.8, 4) is 5.75 Å². The van der Waals surface area contributed by atoms with Crippen molar-refractivity contribution in [2.45, 2.75) is 17.5 Å². The number of aliphatic hydroxyl groups excluding tert-OH is 1. The maximum Gasteiger partial charge on any atom is 0.241 e. The molecule has 2 aromatic rings. The van der Waals surface area contributed by atoms with Gasteiger partial charge in [0.15, 0.2) is 0 Å². The summed E-state index contributed by atoms with van der Waals surface area (Å²) in [4.78, 5) is 0.170. The average Bonchev–Trinajstić information content (AvgIpc) is 2.90. The van der Waals surface area contributed by atoms with Gasteiger partial charge < -0.3 is 9.84 Å². The van der Waals surface area contributed by atoms with E-state index in [9.17, 15) is 8.42 Å². The second kappa shape index (κ2) is 5.48. The first-order valence-corrected chi connectivity index (χ1v) is 8.02. The number of fused-ring (bicyclic) bond motifs is 1. The second-order valence-corrected chi connectivity index (χ2v) is 6.54. The molecule has 0 spiro atoms. The monoisotopic (exact) mass is 305 g/mol. The molecule has 1 aliphatic rings. The molecule has 0 radical (unpaired) electrons. The Kier molecular flexibility index (Phi) is 3.67. The first-order valence-electron chi connectivity index (χ1n) is 6.54. The zero-order chi connectivity index (χ0) is 14.9. The van der Waals surface area contributed by atoms with Crippen LogP contribution in [0.2, 0.25) is 0 Å². The van der Waals surface area contributed by atoms with Gasteiger partial charge in [0, 0.05) is 5.56 Å². The topological polar surface area (TPSA) is 75.6 Å². The lowest BCUT2D eigenvalue weighted by atomic mass is 10.1. The number of nitrogens with one attached hydrogen (secondary N) is 1. The first kappa shape index (κ1) is 14.1. The summed E-state index contributed by atoms with van der Waals surface area (Å²) in [5.41, 5.74) is 1.51. The number of sulfonamides is 1. The summed E-state index contributed by atoms with van der Waals surface area (Å²) in [7, 11) is -3.62. The third kappa shape index (κ3) is 2.78. The highest BCUT2D eigenvalue weighted by Crippen LogP contribution is 2.32. The zero-order valence-electron chi connectivity index (χ0n) is 11.2. The van der Waals surface area contributed by atoms with Gasteiger partial charge in [-0.2, -0.15) is 0 Å². The highest BCUT2D eigenvalue weighted by Gasteiger charge is 2.28. The molecule has 2 aromatic carbocycles. The van der Waals surface area contributed by atoms with Gasteiger partial charge in [-0.05, 0) is 23.8 Å². The van der Waals surface area contributed by atoms with Gasteiger partial charge in [-0.15, -0.1) is 0 Å². The summed E-state index contributed by atoms with van der Waals surface area (Å²) in [6, 6.07) is 13.1. The predicted molar refractivity (Wildman–Crippen MR) is 77.4 cm³/mol. The fourth-order valence-corrected chi connectivity index (χ4v) is 3.49. The van der Waals surface area contributed by atoms with Gasteiger partial charge in [-0.3, -0.25) is 0 Å². The summed E-state index contributed by atoms with van der Waals surface area (Å²) in [5.74, 6) is 0.709. The fraction of sp³-hybridized carbons (Fsp3) is 0.200. The Balaban J connectivity index is 1.83. The first-order chi connectivity index (χ1) is 10.1. The third-order valence-electron chi connectivity index (χ3n) is 3.41. The lowest BCUT2D eigenvalue weighted by molar-refractivity contribution is 0.282. The molecule has 21 heavy (non-hydrogen) atoms. The molecular formula is C15H15NO4S. The van der Waals surface area contributed by atoms with Crippen LogP contribution in [0, 0.1) is 0 Å². The lowest BCUT2D eigenvalue weighted by Gasteiger charge is -2.12. The number of para-hydroxylation sites is 1. The molecule has 0 aromatic heterocycles. The Morgan fingerprint density at radius 1 is 1.14 bits per heavy atom. The van der Waals surface area contributed by atoms with E-state index in [1.165, 1.54) is 12.1 Å². The molecule has 1 heterocycles. The molecule has 5 nitrogen and oxygen atoms in total. The van der Waals surface area contributed by atoms with Crippen LogP contribution in [0.15, 0.2) is 53.4 Å². The van der Waals surface area contributed by atoms with Crippen molar-refractivity contribution in [3.63, 3.8) is 0 Å². The summed E-state index contributed by atoms with van der Waals surface area (Å²) in [6.07, 6.45) is 0. The van der Waals surface area contributed by atoms with E-state index in [2.05, 4.69) is 4.72 Å². The summed E-state index contributed by atoms with van der Waals surface area (Å²) in [6.45, 7) is 0.172. The average molecular weight is 305 g/mol. The molecule has 6 heteroatoms. The second-order valence-electron chi connectivity index (χ2n) is 4.82. The number of hydrogen-bond donors (Lipinski definition) is 2. The van der Waals surface area contributed by atoms with Crippen LogP contribution >= 0.6 is 0 Å². The van der Waals surface area contributed by atoms with Gasteiger partial charge in [0.2, 0.25) is 10.0 Å². The van der Waals surface area contributed by atoms with E-state index in [1.807, 2.05) is 24.3 Å². The number of aliphatic hydroxyl groups is 1. The molecular weight excluding hydrogens is 290 g/mol. The van der Waals surface area contributed by atoms with E-state index in [4.69, 9.17) is 9.84 Å². The molecule has 1 aliphatic heterocycles. The Morgan fingerprint density at radius 3 is 2.57 bits per heavy atom. The summed E-state index contributed by atoms with van der Waals surface area (Å²) >= 11 is 0. The molecule has 1 atom stereocenters. The maximum atomic E-state index is 12.4. The van der Waals surface area contributed by atoms with Crippen LogP contribution in [0.5, 0.6) is 5.75 Å². The molecule has 3 rings (SSSR count). The van der Waals surface area contributed by atoms with Gasteiger partial charge in [0.25, 0.3) is 0 Å². The molecule has 0 aliphatic carbocycles. The molecule has 1 unspecified atom stereocenters. The van der Waals surface area contributed by atoms with Crippen LogP contribution in [0.3, 0.4) is 0 Å². The van der Waals surface area contributed by atoms with E-state index < -0.39 is 10.0 Å². The van der Waals surface area contributed by atoms with Crippen molar-refractivity contribution >= 4 is 10.0 Å². The molecule has 110 valence electrons. The van der Waals surface area contributed by atoms with Crippen LogP contribution < -0.4 is 9.46 Å². The van der Waals surface area contributed by atoms with Gasteiger partial charge in [0.1, 0.15) is 12.4 Å². The smallest absolute Gasteiger partial charge is 0.241 e. The number of rotatable bonds is 4. The Morgan fingerprint density at radius 2 is 1.86 bits per heavy atom. The molecule has 0 saturated heterocycles. The van der Waals surface area contributed by atoms with E-state index in [1.54, 1.807) is 12.1 Å². The summed E-state index contributed by atoms with van der Waals surface area (Å²) < 4.78 is 32.9. The van der Waals surface area contributed by atoms with Crippen LogP contribution in [-0.4, -0.2) is 20.1 Å². The minimum absolute atomic E-state index is 0.113. The fourth-order valence-electron chi connectivity index (χ4n) is 2.29. The Bertz CT molecular complexity index is 741. The summed E-state index contributed by atoms with van der Waals surface area (Å²) in [5, 5.41) is 8.99. The van der Waals surface area contributed by atoms with Crippen LogP contribution in [0.1, 0.15) is 17.2 Å². The molecule has 0 fully saturated rings. The van der Waals surface area contributed by atoms with Crippen molar-refractivity contribution < 1.29 is 18.3 Å². The SMILES string of the molecule is O=S(=O)(NC1COc2ccccc21)c1ccc(CO)cc1. The molecule has 0 bridgehead atoms. The largest absolute Gasteiger partial charge is 0.491 e. The Hall–Kier alpha value is -1.89. The molecule has 2 N–H and O–H groups in total. The quantitative estimate of drug-likeness (QED) is 0.899. The number of hydrogen-bond acceptors (Lipinski definition) is 4. The lowest BCUT2D eigenvalue weighted by Crippen LogP contribution is -2.29. The standard InChI is InChI=1S/C15H15NO4S/c17-9-11-5-7-12(8-6-11)21(18,19)16-14-10-20-15-4-2-1-3-13(14)15/h1-8,14,16-17H,9-10H2. The van der Waals surface area contributed by atoms with Crippen molar-refractivity contribution in [1.29, 1.82) is 0 Å². The minimum atomic E-state index is -3.62. The molecule has 0 amide bonds. The van der Waals surface area contributed by atoms with Crippen molar-refractivity contribution in [2.75, 3.05) is 6.61 Å². The van der Waals surface area contributed by atoms with Gasteiger partial charge in [0.05, 0.1) is 17.5 Å². The number of benzene rings is 2. The highest BCUT2D eigenvalue weighted by molar-refractivity contribution is 7.89. The minimum Gasteiger partial charge on any atom is -0.491 e. The predicted octanol–water partition coefficient (Wildman–Crippen LogP) is 1.59. The van der Waals surface area contributed by atoms with Crippen LogP contribution in [0.4, 0.5) is 0 Å². The van der Waals surface area contributed by atoms with Crippen molar-refractivity contribution in [1.82, 2.24) is 4.72 Å². The van der Waals surface area contributed by atoms with E-state index >= 15 is 0 Å². The van der Waals surface area contributed by atoms with E-state index in [0.29, 0.717) is 11.3 Å². The van der Waals surface area contributed by atoms with E-state index in [-0.39, 0.29) is 24.2 Å². The van der Waals surface area contributed by atoms with Crippen LogP contribution in [0.25, 0.3) is 0 Å². The van der Waals surface area contributed by atoms with E-state index in [0.717, 1.165) is 5.56 Å². The van der Waals surface area contributed by atoms with Gasteiger partial charge in [-0.1, -0.05) is 30.3 Å². The maximum absolute atomic E-state index is 12.4. The Labute approximate surface area is 123 Å².